The Labute approximate surface area is 110 Å². The van der Waals surface area contributed by atoms with Crippen molar-refractivity contribution >= 4 is 0 Å². The van der Waals surface area contributed by atoms with Crippen molar-refractivity contribution in [3.05, 3.63) is 29.3 Å². The standard InChI is InChI=1S/C15H25NO2/c1-3-4-5-6-9-18-12-13-7-8-15(17-2)14(10-13)11-16/h7-8,10H,3-6,9,11-12,16H2,1-2H3. The van der Waals surface area contributed by atoms with E-state index in [2.05, 4.69) is 13.0 Å². The van der Waals surface area contributed by atoms with E-state index in [1.807, 2.05) is 12.1 Å². The summed E-state index contributed by atoms with van der Waals surface area (Å²) < 4.78 is 10.9. The lowest BCUT2D eigenvalue weighted by Gasteiger charge is -2.09. The summed E-state index contributed by atoms with van der Waals surface area (Å²) in [7, 11) is 1.67. The first kappa shape index (κ1) is 15.0. The van der Waals surface area contributed by atoms with Gasteiger partial charge in [-0.25, -0.2) is 0 Å². The van der Waals surface area contributed by atoms with Crippen LogP contribution in [0.15, 0.2) is 18.2 Å². The molecule has 0 amide bonds. The molecule has 0 aliphatic heterocycles. The molecule has 0 saturated carbocycles. The monoisotopic (exact) mass is 251 g/mol. The van der Waals surface area contributed by atoms with Crippen LogP contribution in [0.4, 0.5) is 0 Å². The first-order valence-corrected chi connectivity index (χ1v) is 6.75. The third-order valence-electron chi connectivity index (χ3n) is 2.98. The SMILES string of the molecule is CCCCCCOCc1ccc(OC)c(CN)c1. The van der Waals surface area contributed by atoms with E-state index in [1.165, 1.54) is 19.3 Å². The Morgan fingerprint density at radius 1 is 1.17 bits per heavy atom. The molecule has 0 radical (unpaired) electrons. The smallest absolute Gasteiger partial charge is 0.123 e. The first-order valence-electron chi connectivity index (χ1n) is 6.75. The van der Waals surface area contributed by atoms with Crippen LogP contribution in [-0.2, 0) is 17.9 Å². The molecule has 1 rings (SSSR count). The van der Waals surface area contributed by atoms with Gasteiger partial charge in [-0.15, -0.1) is 0 Å². The summed E-state index contributed by atoms with van der Waals surface area (Å²) in [6, 6.07) is 6.05. The lowest BCUT2D eigenvalue weighted by Crippen LogP contribution is -2.02. The number of benzene rings is 1. The predicted molar refractivity (Wildman–Crippen MR) is 74.7 cm³/mol. The van der Waals surface area contributed by atoms with Crippen LogP contribution in [0.3, 0.4) is 0 Å². The molecule has 0 heterocycles. The average molecular weight is 251 g/mol. The highest BCUT2D eigenvalue weighted by Crippen LogP contribution is 2.19. The largest absolute Gasteiger partial charge is 0.496 e. The highest BCUT2D eigenvalue weighted by molar-refractivity contribution is 5.36. The Hall–Kier alpha value is -1.06. The van der Waals surface area contributed by atoms with Gasteiger partial charge in [-0.1, -0.05) is 32.3 Å². The van der Waals surface area contributed by atoms with Crippen LogP contribution >= 0.6 is 0 Å². The molecule has 0 unspecified atom stereocenters. The number of hydrogen-bond acceptors (Lipinski definition) is 3. The normalized spacial score (nSPS) is 10.6. The Kier molecular flexibility index (Phi) is 7.46. The zero-order valence-electron chi connectivity index (χ0n) is 11.6. The lowest BCUT2D eigenvalue weighted by molar-refractivity contribution is 0.116. The van der Waals surface area contributed by atoms with E-state index in [-0.39, 0.29) is 0 Å². The topological polar surface area (TPSA) is 44.5 Å². The van der Waals surface area contributed by atoms with Crippen molar-refractivity contribution in [3.8, 4) is 5.75 Å². The van der Waals surface area contributed by atoms with Crippen LogP contribution in [0.1, 0.15) is 43.7 Å². The zero-order valence-corrected chi connectivity index (χ0v) is 11.6. The van der Waals surface area contributed by atoms with Gasteiger partial charge in [0.15, 0.2) is 0 Å². The molecule has 18 heavy (non-hydrogen) atoms. The molecular formula is C15H25NO2. The highest BCUT2D eigenvalue weighted by Gasteiger charge is 2.02. The van der Waals surface area contributed by atoms with Gasteiger partial charge < -0.3 is 15.2 Å². The summed E-state index contributed by atoms with van der Waals surface area (Å²) in [6.45, 7) is 4.20. The number of hydrogen-bond donors (Lipinski definition) is 1. The van der Waals surface area contributed by atoms with Gasteiger partial charge in [-0.2, -0.15) is 0 Å². The molecule has 0 bridgehead atoms. The summed E-state index contributed by atoms with van der Waals surface area (Å²) in [5, 5.41) is 0. The van der Waals surface area contributed by atoms with Crippen LogP contribution in [0.25, 0.3) is 0 Å². The Bertz CT molecular complexity index is 339. The van der Waals surface area contributed by atoms with Crippen LogP contribution in [0, 0.1) is 0 Å². The molecule has 1 aromatic carbocycles. The van der Waals surface area contributed by atoms with E-state index >= 15 is 0 Å². The molecule has 3 nitrogen and oxygen atoms in total. The van der Waals surface area contributed by atoms with Crippen molar-refractivity contribution in [3.63, 3.8) is 0 Å². The van der Waals surface area contributed by atoms with Gasteiger partial charge in [-0.3, -0.25) is 0 Å². The second-order valence-corrected chi connectivity index (χ2v) is 4.46. The Morgan fingerprint density at radius 2 is 2.00 bits per heavy atom. The molecule has 0 saturated heterocycles. The van der Waals surface area contributed by atoms with Gasteiger partial charge in [0.05, 0.1) is 13.7 Å². The van der Waals surface area contributed by atoms with Crippen LogP contribution in [-0.4, -0.2) is 13.7 Å². The fraction of sp³-hybridized carbons (Fsp3) is 0.600. The molecule has 0 spiro atoms. The molecule has 2 N–H and O–H groups in total. The van der Waals surface area contributed by atoms with Gasteiger partial charge in [-0.05, 0) is 24.1 Å². The number of rotatable bonds is 9. The highest BCUT2D eigenvalue weighted by atomic mass is 16.5. The number of unbranched alkanes of at least 4 members (excludes halogenated alkanes) is 3. The van der Waals surface area contributed by atoms with Gasteiger partial charge >= 0.3 is 0 Å². The van der Waals surface area contributed by atoms with Crippen molar-refractivity contribution in [2.75, 3.05) is 13.7 Å². The quantitative estimate of drug-likeness (QED) is 0.685. The lowest BCUT2D eigenvalue weighted by atomic mass is 10.1. The summed E-state index contributed by atoms with van der Waals surface area (Å²) in [5.41, 5.74) is 7.88. The van der Waals surface area contributed by atoms with E-state index in [4.69, 9.17) is 15.2 Å². The van der Waals surface area contributed by atoms with Crippen LogP contribution < -0.4 is 10.5 Å². The Morgan fingerprint density at radius 3 is 2.67 bits per heavy atom. The summed E-state index contributed by atoms with van der Waals surface area (Å²) in [5.74, 6) is 0.851. The van der Waals surface area contributed by atoms with Crippen molar-refractivity contribution < 1.29 is 9.47 Å². The van der Waals surface area contributed by atoms with E-state index < -0.39 is 0 Å². The second kappa shape index (κ2) is 8.95. The molecule has 0 atom stereocenters. The molecule has 0 fully saturated rings. The number of nitrogens with two attached hydrogens (primary N) is 1. The Balaban J connectivity index is 2.34. The van der Waals surface area contributed by atoms with Crippen LogP contribution in [0.5, 0.6) is 5.75 Å². The van der Waals surface area contributed by atoms with Crippen molar-refractivity contribution in [2.24, 2.45) is 5.73 Å². The average Bonchev–Trinajstić information content (AvgIpc) is 2.42. The molecule has 0 aliphatic rings. The van der Waals surface area contributed by atoms with Gasteiger partial charge in [0.1, 0.15) is 5.75 Å². The van der Waals surface area contributed by atoms with Crippen molar-refractivity contribution in [1.82, 2.24) is 0 Å². The van der Waals surface area contributed by atoms with Crippen molar-refractivity contribution in [2.45, 2.75) is 45.8 Å². The minimum Gasteiger partial charge on any atom is -0.496 e. The van der Waals surface area contributed by atoms with Crippen molar-refractivity contribution in [1.29, 1.82) is 0 Å². The zero-order chi connectivity index (χ0) is 13.2. The molecule has 3 heteroatoms. The van der Waals surface area contributed by atoms with E-state index in [0.29, 0.717) is 13.2 Å². The summed E-state index contributed by atoms with van der Waals surface area (Å²) >= 11 is 0. The maximum Gasteiger partial charge on any atom is 0.123 e. The fourth-order valence-electron chi connectivity index (χ4n) is 1.90. The van der Waals surface area contributed by atoms with E-state index in [0.717, 1.165) is 29.9 Å². The van der Waals surface area contributed by atoms with E-state index in [1.54, 1.807) is 7.11 Å². The number of methoxy groups -OCH3 is 1. The predicted octanol–water partition coefficient (Wildman–Crippen LogP) is 3.25. The van der Waals surface area contributed by atoms with Gasteiger partial charge in [0, 0.05) is 18.7 Å². The molecule has 102 valence electrons. The molecular weight excluding hydrogens is 226 g/mol. The van der Waals surface area contributed by atoms with Crippen LogP contribution in [0.2, 0.25) is 0 Å². The minimum atomic E-state index is 0.494. The van der Waals surface area contributed by atoms with E-state index in [9.17, 15) is 0 Å². The third kappa shape index (κ3) is 5.07. The molecule has 0 aliphatic carbocycles. The summed E-state index contributed by atoms with van der Waals surface area (Å²) in [6.07, 6.45) is 4.96. The minimum absolute atomic E-state index is 0.494. The van der Waals surface area contributed by atoms with Gasteiger partial charge in [0.2, 0.25) is 0 Å². The third-order valence-corrected chi connectivity index (χ3v) is 2.98. The summed E-state index contributed by atoms with van der Waals surface area (Å²) in [4.78, 5) is 0. The van der Waals surface area contributed by atoms with Gasteiger partial charge in [0.25, 0.3) is 0 Å². The number of ether oxygens (including phenoxy) is 2. The maximum absolute atomic E-state index is 5.68. The first-order chi connectivity index (χ1) is 8.81. The molecule has 1 aromatic rings. The second-order valence-electron chi connectivity index (χ2n) is 4.46. The fourth-order valence-corrected chi connectivity index (χ4v) is 1.90. The maximum atomic E-state index is 5.68. The molecule has 0 aromatic heterocycles.